The number of benzene rings is 6. The van der Waals surface area contributed by atoms with Gasteiger partial charge < -0.3 is 47.7 Å². The minimum atomic E-state index is -1.90. The molecular formula is C54H45IO16. The van der Waals surface area contributed by atoms with Crippen molar-refractivity contribution in [3.8, 4) is 0 Å². The number of aliphatic hydroxyl groups is 1. The molecule has 2 heterocycles. The standard InChI is InChI=1S/C54H45IO16/c55-41-44(68-50(59)36-25-13-4-14-26-36)42(39(65-53(41)62)31-63-47(56)33-19-7-1-8-20-33)71-54-46(70-52(61)38-29-17-6-18-30-38)45(69-51(60)37-27-15-5-16-28-37)43(67-49(58)35-23-11-3-12-24-35)40(66-54)32-64-48(57)34-21-9-2-10-22-34/h1-30,39-46,53-54,62H,31-32H2/t39-,40-,41+,42-,43+,44-,45+,46-,53+,54?/m1/s1. The zero-order valence-electron chi connectivity index (χ0n) is 37.5. The highest BCUT2D eigenvalue weighted by molar-refractivity contribution is 14.1. The van der Waals surface area contributed by atoms with Gasteiger partial charge in [0.1, 0.15) is 41.6 Å². The molecule has 0 bridgehead atoms. The third-order valence-electron chi connectivity index (χ3n) is 11.3. The first-order valence-corrected chi connectivity index (χ1v) is 23.6. The van der Waals surface area contributed by atoms with Crippen molar-refractivity contribution < 1.29 is 76.5 Å². The highest BCUT2D eigenvalue weighted by Crippen LogP contribution is 2.37. The van der Waals surface area contributed by atoms with Gasteiger partial charge in [-0.1, -0.05) is 132 Å². The molecule has 364 valence electrons. The van der Waals surface area contributed by atoms with Crippen LogP contribution in [0.3, 0.4) is 0 Å². The van der Waals surface area contributed by atoms with Crippen molar-refractivity contribution in [1.29, 1.82) is 0 Å². The number of hydrogen-bond donors (Lipinski definition) is 1. The normalized spacial score (nSPS) is 23.7. The van der Waals surface area contributed by atoms with E-state index in [1.165, 1.54) is 72.8 Å². The van der Waals surface area contributed by atoms with Gasteiger partial charge in [-0.2, -0.15) is 0 Å². The summed E-state index contributed by atoms with van der Waals surface area (Å²) in [6.45, 7) is -1.26. The highest BCUT2D eigenvalue weighted by Gasteiger charge is 2.57. The van der Waals surface area contributed by atoms with Crippen LogP contribution in [0.5, 0.6) is 0 Å². The molecule has 1 N–H and O–H groups in total. The van der Waals surface area contributed by atoms with E-state index >= 15 is 0 Å². The van der Waals surface area contributed by atoms with Crippen molar-refractivity contribution in [2.45, 2.75) is 59.2 Å². The van der Waals surface area contributed by atoms with E-state index in [-0.39, 0.29) is 33.4 Å². The number of ether oxygens (including phenoxy) is 9. The molecular weight excluding hydrogens is 1030 g/mol. The Hall–Kier alpha value is -7.29. The molecule has 1 unspecified atom stereocenters. The van der Waals surface area contributed by atoms with Crippen LogP contribution < -0.4 is 0 Å². The van der Waals surface area contributed by atoms with Crippen LogP contribution in [0.25, 0.3) is 0 Å². The highest BCUT2D eigenvalue weighted by atomic mass is 127. The Morgan fingerprint density at radius 1 is 0.380 bits per heavy atom. The van der Waals surface area contributed by atoms with Gasteiger partial charge in [0.05, 0.1) is 33.4 Å². The van der Waals surface area contributed by atoms with Gasteiger partial charge in [0, 0.05) is 0 Å². The smallest absolute Gasteiger partial charge is 0.338 e. The molecule has 71 heavy (non-hydrogen) atoms. The molecule has 0 aliphatic carbocycles. The molecule has 16 nitrogen and oxygen atoms in total. The minimum absolute atomic E-state index is 0.0490. The van der Waals surface area contributed by atoms with Gasteiger partial charge in [0.2, 0.25) is 0 Å². The monoisotopic (exact) mass is 1080 g/mol. The van der Waals surface area contributed by atoms with Crippen LogP contribution in [0.1, 0.15) is 62.1 Å². The zero-order valence-corrected chi connectivity index (χ0v) is 39.6. The maximum Gasteiger partial charge on any atom is 0.338 e. The summed E-state index contributed by atoms with van der Waals surface area (Å²) in [4.78, 5) is 83.4. The van der Waals surface area contributed by atoms with Crippen molar-refractivity contribution in [3.63, 3.8) is 0 Å². The van der Waals surface area contributed by atoms with Crippen LogP contribution in [0, 0.1) is 0 Å². The first kappa shape index (κ1) is 50.1. The molecule has 2 aliphatic rings. The largest absolute Gasteiger partial charge is 0.459 e. The maximum absolute atomic E-state index is 14.3. The third kappa shape index (κ3) is 12.7. The van der Waals surface area contributed by atoms with E-state index in [9.17, 15) is 33.9 Å². The van der Waals surface area contributed by atoms with E-state index in [4.69, 9.17) is 42.6 Å². The summed E-state index contributed by atoms with van der Waals surface area (Å²) >= 11 is 1.83. The van der Waals surface area contributed by atoms with Gasteiger partial charge in [-0.3, -0.25) is 0 Å². The molecule has 17 heteroatoms. The van der Waals surface area contributed by atoms with Gasteiger partial charge in [0.15, 0.2) is 30.9 Å². The Kier molecular flexibility index (Phi) is 17.0. The molecule has 0 amide bonds. The lowest BCUT2D eigenvalue weighted by molar-refractivity contribution is -0.337. The number of alkyl halides is 1. The zero-order chi connectivity index (χ0) is 49.7. The number of hydrogen-bond acceptors (Lipinski definition) is 16. The fraction of sp³-hybridized carbons (Fsp3) is 0.222. The Morgan fingerprint density at radius 3 is 1.04 bits per heavy atom. The third-order valence-corrected chi connectivity index (χ3v) is 12.6. The molecule has 10 atom stereocenters. The lowest BCUT2D eigenvalue weighted by Crippen LogP contribution is -2.66. The summed E-state index contributed by atoms with van der Waals surface area (Å²) in [5, 5.41) is 11.4. The van der Waals surface area contributed by atoms with Gasteiger partial charge in [0.25, 0.3) is 0 Å². The topological polar surface area (TPSA) is 206 Å². The Balaban J connectivity index is 1.23. The number of halogens is 1. The van der Waals surface area contributed by atoms with E-state index in [1.807, 2.05) is 22.6 Å². The summed E-state index contributed by atoms with van der Waals surface area (Å²) in [7, 11) is 0. The molecule has 6 aromatic rings. The van der Waals surface area contributed by atoms with E-state index in [0.717, 1.165) is 0 Å². The second kappa shape index (κ2) is 24.0. The van der Waals surface area contributed by atoms with Gasteiger partial charge >= 0.3 is 35.8 Å². The summed E-state index contributed by atoms with van der Waals surface area (Å²) < 4.78 is 54.6. The molecule has 2 saturated heterocycles. The van der Waals surface area contributed by atoms with E-state index in [2.05, 4.69) is 0 Å². The minimum Gasteiger partial charge on any atom is -0.459 e. The van der Waals surface area contributed by atoms with Gasteiger partial charge in [-0.05, 0) is 72.8 Å². The first-order chi connectivity index (χ1) is 34.5. The number of carbonyl (C=O) groups excluding carboxylic acids is 6. The second-order valence-corrected chi connectivity index (χ2v) is 17.5. The molecule has 0 aromatic heterocycles. The molecule has 8 rings (SSSR count). The number of esters is 6. The molecule has 6 aromatic carbocycles. The van der Waals surface area contributed by atoms with Crippen molar-refractivity contribution in [3.05, 3.63) is 215 Å². The number of aliphatic hydroxyl groups excluding tert-OH is 1. The van der Waals surface area contributed by atoms with Crippen LogP contribution in [-0.4, -0.2) is 113 Å². The summed E-state index contributed by atoms with van der Waals surface area (Å²) in [6, 6.07) is 47.5. The quantitative estimate of drug-likeness (QED) is 0.0439. The average molecular weight is 1080 g/mol. The van der Waals surface area contributed by atoms with Crippen LogP contribution in [0.2, 0.25) is 0 Å². The summed E-state index contributed by atoms with van der Waals surface area (Å²) in [5.41, 5.74) is 0.684. The molecule has 0 radical (unpaired) electrons. The van der Waals surface area contributed by atoms with Gasteiger partial charge in [-0.15, -0.1) is 0 Å². The Morgan fingerprint density at radius 2 is 0.676 bits per heavy atom. The second-order valence-electron chi connectivity index (χ2n) is 16.0. The fourth-order valence-corrected chi connectivity index (χ4v) is 8.42. The molecule has 2 aliphatic heterocycles. The lowest BCUT2D eigenvalue weighted by Gasteiger charge is -2.48. The first-order valence-electron chi connectivity index (χ1n) is 22.3. The van der Waals surface area contributed by atoms with Crippen LogP contribution >= 0.6 is 22.6 Å². The number of rotatable bonds is 16. The van der Waals surface area contributed by atoms with Crippen LogP contribution in [0.4, 0.5) is 0 Å². The van der Waals surface area contributed by atoms with Crippen molar-refractivity contribution in [2.24, 2.45) is 0 Å². The van der Waals surface area contributed by atoms with E-state index in [1.54, 1.807) is 109 Å². The molecule has 0 spiro atoms. The van der Waals surface area contributed by atoms with E-state index < -0.39 is 108 Å². The lowest BCUT2D eigenvalue weighted by atomic mass is 9.96. The Labute approximate surface area is 420 Å². The molecule has 2 fully saturated rings. The van der Waals surface area contributed by atoms with E-state index in [0.29, 0.717) is 0 Å². The Bertz CT molecular complexity index is 2730. The predicted molar refractivity (Wildman–Crippen MR) is 258 cm³/mol. The van der Waals surface area contributed by atoms with Crippen LogP contribution in [0.15, 0.2) is 182 Å². The van der Waals surface area contributed by atoms with Crippen molar-refractivity contribution >= 4 is 58.4 Å². The van der Waals surface area contributed by atoms with Crippen molar-refractivity contribution in [2.75, 3.05) is 13.2 Å². The maximum atomic E-state index is 14.3. The molecule has 0 saturated carbocycles. The fourth-order valence-electron chi connectivity index (χ4n) is 7.69. The number of carbonyl (C=O) groups is 6. The SMILES string of the molecule is O=C(OC[C@H]1OC(O[C@H]2[C@H](OC(=O)c3ccccc3)[C@H](I)[C@@H](O)O[C@@H]2COC(=O)c2ccccc2)[C@H](OC(=O)c2ccccc2)[C@@H](OC(=O)c2ccccc2)[C@H]1OC(=O)c1ccccc1)c1ccccc1. The van der Waals surface area contributed by atoms with Crippen LogP contribution in [-0.2, 0) is 42.6 Å². The van der Waals surface area contributed by atoms with Gasteiger partial charge in [-0.25, -0.2) is 28.8 Å². The van der Waals surface area contributed by atoms with Crippen molar-refractivity contribution in [1.82, 2.24) is 0 Å². The summed E-state index contributed by atoms with van der Waals surface area (Å²) in [5.74, 6) is -5.22. The summed E-state index contributed by atoms with van der Waals surface area (Å²) in [6.07, 6.45) is -14.9. The predicted octanol–water partition coefficient (Wildman–Crippen LogP) is 7.23. The average Bonchev–Trinajstić information content (AvgIpc) is 3.42.